The molecular formula is C15H17N5O2S. The van der Waals surface area contributed by atoms with E-state index >= 15 is 0 Å². The van der Waals surface area contributed by atoms with Crippen molar-refractivity contribution in [2.75, 3.05) is 7.11 Å². The predicted octanol–water partition coefficient (Wildman–Crippen LogP) is 3.07. The highest BCUT2D eigenvalue weighted by Crippen LogP contribution is 2.35. The lowest BCUT2D eigenvalue weighted by Gasteiger charge is -2.11. The Morgan fingerprint density at radius 2 is 2.17 bits per heavy atom. The summed E-state index contributed by atoms with van der Waals surface area (Å²) in [4.78, 5) is 4.36. The maximum Gasteiger partial charge on any atom is 0.239 e. The fraction of sp³-hybridized carbons (Fsp3) is 0.333. The number of aryl methyl sites for hydroxylation is 1. The van der Waals surface area contributed by atoms with Gasteiger partial charge in [0.05, 0.1) is 18.0 Å². The Balaban J connectivity index is 1.86. The molecule has 0 N–H and O–H groups in total. The van der Waals surface area contributed by atoms with Crippen LogP contribution in [0.3, 0.4) is 0 Å². The minimum absolute atomic E-state index is 0.0274. The Labute approximate surface area is 138 Å². The molecule has 3 aromatic rings. The largest absolute Gasteiger partial charge is 0.495 e. The van der Waals surface area contributed by atoms with E-state index in [0.29, 0.717) is 11.7 Å². The van der Waals surface area contributed by atoms with Crippen LogP contribution in [-0.2, 0) is 6.42 Å². The zero-order valence-electron chi connectivity index (χ0n) is 13.1. The van der Waals surface area contributed by atoms with Crippen LogP contribution in [0.1, 0.15) is 30.8 Å². The van der Waals surface area contributed by atoms with E-state index in [1.54, 1.807) is 13.4 Å². The van der Waals surface area contributed by atoms with Crippen molar-refractivity contribution in [1.29, 1.82) is 0 Å². The lowest BCUT2D eigenvalue weighted by atomic mass is 10.3. The van der Waals surface area contributed by atoms with Crippen LogP contribution in [0.4, 0.5) is 0 Å². The van der Waals surface area contributed by atoms with Gasteiger partial charge >= 0.3 is 0 Å². The smallest absolute Gasteiger partial charge is 0.239 e. The number of benzene rings is 1. The second kappa shape index (κ2) is 6.82. The van der Waals surface area contributed by atoms with Crippen LogP contribution in [0.5, 0.6) is 5.75 Å². The van der Waals surface area contributed by atoms with Crippen LogP contribution in [0.2, 0.25) is 0 Å². The zero-order chi connectivity index (χ0) is 16.2. The second-order valence-corrected chi connectivity index (χ2v) is 6.13. The van der Waals surface area contributed by atoms with E-state index in [0.717, 1.165) is 23.0 Å². The van der Waals surface area contributed by atoms with Crippen molar-refractivity contribution in [1.82, 2.24) is 24.9 Å². The number of para-hydroxylation sites is 2. The molecule has 7 nitrogen and oxygen atoms in total. The molecule has 0 radical (unpaired) electrons. The first kappa shape index (κ1) is 15.5. The fourth-order valence-corrected chi connectivity index (χ4v) is 2.95. The Morgan fingerprint density at radius 1 is 1.35 bits per heavy atom. The average molecular weight is 331 g/mol. The fourth-order valence-electron chi connectivity index (χ4n) is 2.08. The van der Waals surface area contributed by atoms with Crippen molar-refractivity contribution >= 4 is 11.8 Å². The van der Waals surface area contributed by atoms with Crippen molar-refractivity contribution in [3.63, 3.8) is 0 Å². The van der Waals surface area contributed by atoms with Gasteiger partial charge in [-0.2, -0.15) is 4.98 Å². The summed E-state index contributed by atoms with van der Waals surface area (Å²) in [5.74, 6) is 2.05. The molecule has 0 bridgehead atoms. The summed E-state index contributed by atoms with van der Waals surface area (Å²) in [6.45, 7) is 3.99. The molecule has 120 valence electrons. The highest BCUT2D eigenvalue weighted by Gasteiger charge is 2.19. The van der Waals surface area contributed by atoms with E-state index < -0.39 is 0 Å². The summed E-state index contributed by atoms with van der Waals surface area (Å²) in [5.41, 5.74) is 0.884. The highest BCUT2D eigenvalue weighted by molar-refractivity contribution is 7.99. The van der Waals surface area contributed by atoms with Crippen LogP contribution in [0.15, 0.2) is 40.3 Å². The quantitative estimate of drug-likeness (QED) is 0.642. The molecule has 2 heterocycles. The number of nitrogens with zero attached hydrogens (tertiary/aromatic N) is 5. The Hall–Kier alpha value is -2.35. The number of ether oxygens (including phenoxy) is 1. The third kappa shape index (κ3) is 3.21. The lowest BCUT2D eigenvalue weighted by molar-refractivity contribution is 0.375. The van der Waals surface area contributed by atoms with Gasteiger partial charge in [0, 0.05) is 6.42 Å². The number of hydrogen-bond donors (Lipinski definition) is 0. The number of aromatic nitrogens is 5. The molecule has 1 atom stereocenters. The summed E-state index contributed by atoms with van der Waals surface area (Å²) in [7, 11) is 1.64. The third-order valence-corrected chi connectivity index (χ3v) is 4.34. The summed E-state index contributed by atoms with van der Waals surface area (Å²) in [6, 6.07) is 7.73. The Kier molecular flexibility index (Phi) is 4.61. The van der Waals surface area contributed by atoms with Crippen LogP contribution >= 0.6 is 11.8 Å². The predicted molar refractivity (Wildman–Crippen MR) is 85.9 cm³/mol. The van der Waals surface area contributed by atoms with Gasteiger partial charge in [-0.1, -0.05) is 36.0 Å². The number of thioether (sulfide) groups is 1. The van der Waals surface area contributed by atoms with E-state index in [9.17, 15) is 0 Å². The minimum Gasteiger partial charge on any atom is -0.495 e. The molecule has 0 aliphatic rings. The monoisotopic (exact) mass is 331 g/mol. The van der Waals surface area contributed by atoms with E-state index in [2.05, 4.69) is 20.3 Å². The summed E-state index contributed by atoms with van der Waals surface area (Å²) < 4.78 is 12.6. The molecule has 1 aromatic carbocycles. The van der Waals surface area contributed by atoms with Crippen molar-refractivity contribution in [3.05, 3.63) is 42.3 Å². The molecule has 0 spiro atoms. The number of rotatable bonds is 6. The highest BCUT2D eigenvalue weighted by atomic mass is 32.2. The SMILES string of the molecule is CCc1noc(C(C)Sc2nncn2-c2ccccc2OC)n1. The first-order valence-corrected chi connectivity index (χ1v) is 8.13. The van der Waals surface area contributed by atoms with Gasteiger partial charge in [-0.15, -0.1) is 10.2 Å². The van der Waals surface area contributed by atoms with Crippen molar-refractivity contribution in [2.45, 2.75) is 30.7 Å². The van der Waals surface area contributed by atoms with Crippen molar-refractivity contribution < 1.29 is 9.26 Å². The van der Waals surface area contributed by atoms with Crippen LogP contribution in [0, 0.1) is 0 Å². The van der Waals surface area contributed by atoms with Crippen LogP contribution in [0.25, 0.3) is 5.69 Å². The van der Waals surface area contributed by atoms with Gasteiger partial charge in [0.1, 0.15) is 12.1 Å². The first-order chi connectivity index (χ1) is 11.2. The van der Waals surface area contributed by atoms with Gasteiger partial charge in [-0.25, -0.2) is 0 Å². The molecule has 2 aromatic heterocycles. The molecule has 23 heavy (non-hydrogen) atoms. The molecule has 0 saturated carbocycles. The van der Waals surface area contributed by atoms with Crippen molar-refractivity contribution in [2.24, 2.45) is 0 Å². The molecule has 0 saturated heterocycles. The first-order valence-electron chi connectivity index (χ1n) is 7.25. The van der Waals surface area contributed by atoms with Gasteiger partial charge in [0.2, 0.25) is 5.89 Å². The maximum atomic E-state index is 5.41. The summed E-state index contributed by atoms with van der Waals surface area (Å²) in [6.07, 6.45) is 2.41. The average Bonchev–Trinajstić information content (AvgIpc) is 3.23. The molecule has 1 unspecified atom stereocenters. The van der Waals surface area contributed by atoms with E-state index in [1.807, 2.05) is 42.7 Å². The number of methoxy groups -OCH3 is 1. The van der Waals surface area contributed by atoms with E-state index in [-0.39, 0.29) is 5.25 Å². The van der Waals surface area contributed by atoms with Gasteiger partial charge in [0.25, 0.3) is 0 Å². The number of hydrogen-bond acceptors (Lipinski definition) is 7. The topological polar surface area (TPSA) is 78.9 Å². The molecule has 0 fully saturated rings. The standard InChI is InChI=1S/C15H17N5O2S/c1-4-13-17-14(22-19-13)10(2)23-15-18-16-9-20(15)11-7-5-6-8-12(11)21-3/h5-10H,4H2,1-3H3. The molecule has 0 aliphatic heterocycles. The van der Waals surface area contributed by atoms with E-state index in [1.165, 1.54) is 11.8 Å². The van der Waals surface area contributed by atoms with Crippen LogP contribution in [-0.4, -0.2) is 32.0 Å². The summed E-state index contributed by atoms with van der Waals surface area (Å²) >= 11 is 1.51. The Bertz CT molecular complexity index is 786. The maximum absolute atomic E-state index is 5.41. The minimum atomic E-state index is -0.0274. The van der Waals surface area contributed by atoms with Crippen molar-refractivity contribution in [3.8, 4) is 11.4 Å². The van der Waals surface area contributed by atoms with Gasteiger partial charge < -0.3 is 9.26 Å². The molecule has 8 heteroatoms. The van der Waals surface area contributed by atoms with Gasteiger partial charge in [-0.3, -0.25) is 4.57 Å². The molecule has 3 rings (SSSR count). The van der Waals surface area contributed by atoms with Gasteiger partial charge in [0.15, 0.2) is 11.0 Å². The summed E-state index contributed by atoms with van der Waals surface area (Å²) in [5, 5.41) is 12.8. The van der Waals surface area contributed by atoms with Gasteiger partial charge in [-0.05, 0) is 19.1 Å². The molecule has 0 aliphatic carbocycles. The Morgan fingerprint density at radius 3 is 2.91 bits per heavy atom. The van der Waals surface area contributed by atoms with E-state index in [4.69, 9.17) is 9.26 Å². The second-order valence-electron chi connectivity index (χ2n) is 4.82. The normalized spacial score (nSPS) is 12.3. The lowest BCUT2D eigenvalue weighted by Crippen LogP contribution is -2.00. The third-order valence-electron chi connectivity index (χ3n) is 3.29. The zero-order valence-corrected chi connectivity index (χ0v) is 13.9. The molecular weight excluding hydrogens is 314 g/mol. The molecule has 0 amide bonds. The van der Waals surface area contributed by atoms with Crippen LogP contribution < -0.4 is 4.74 Å².